The third-order valence-corrected chi connectivity index (χ3v) is 3.67. The lowest BCUT2D eigenvalue weighted by molar-refractivity contribution is 0.0952. The molecule has 1 heterocycles. The SMILES string of the molecule is C=CCNC(=O)c1cnc(Nc2ccc(OCc3ccccc3)cc2)cn1. The predicted molar refractivity (Wildman–Crippen MR) is 105 cm³/mol. The van der Waals surface area contributed by atoms with Crippen LogP contribution >= 0.6 is 0 Å². The minimum absolute atomic E-state index is 0.257. The maximum atomic E-state index is 11.8. The van der Waals surface area contributed by atoms with Gasteiger partial charge in [0.15, 0.2) is 0 Å². The van der Waals surface area contributed by atoms with Gasteiger partial charge < -0.3 is 15.4 Å². The highest BCUT2D eigenvalue weighted by Crippen LogP contribution is 2.19. The zero-order chi connectivity index (χ0) is 18.9. The summed E-state index contributed by atoms with van der Waals surface area (Å²) in [6, 6.07) is 17.6. The number of nitrogens with one attached hydrogen (secondary N) is 2. The molecule has 0 fully saturated rings. The van der Waals surface area contributed by atoms with Gasteiger partial charge in [-0.1, -0.05) is 36.4 Å². The number of aromatic nitrogens is 2. The van der Waals surface area contributed by atoms with Crippen LogP contribution in [0.2, 0.25) is 0 Å². The second-order valence-corrected chi connectivity index (χ2v) is 5.71. The Labute approximate surface area is 157 Å². The van der Waals surface area contributed by atoms with Gasteiger partial charge in [0.25, 0.3) is 5.91 Å². The van der Waals surface area contributed by atoms with Crippen LogP contribution in [0.5, 0.6) is 5.75 Å². The maximum absolute atomic E-state index is 11.8. The van der Waals surface area contributed by atoms with Crippen LogP contribution in [0.25, 0.3) is 0 Å². The van der Waals surface area contributed by atoms with Crippen LogP contribution in [0.4, 0.5) is 11.5 Å². The van der Waals surface area contributed by atoms with Crippen LogP contribution in [0.1, 0.15) is 16.1 Å². The molecule has 1 aromatic heterocycles. The molecule has 6 heteroatoms. The first-order chi connectivity index (χ1) is 13.2. The molecule has 0 aliphatic rings. The van der Waals surface area contributed by atoms with Crippen LogP contribution < -0.4 is 15.4 Å². The Morgan fingerprint density at radius 2 is 1.81 bits per heavy atom. The number of amides is 1. The number of benzene rings is 2. The highest BCUT2D eigenvalue weighted by molar-refractivity contribution is 5.92. The molecule has 0 aliphatic heterocycles. The smallest absolute Gasteiger partial charge is 0.271 e. The molecule has 2 N–H and O–H groups in total. The molecule has 3 aromatic rings. The zero-order valence-corrected chi connectivity index (χ0v) is 14.8. The Balaban J connectivity index is 1.54. The van der Waals surface area contributed by atoms with Gasteiger partial charge in [-0.2, -0.15) is 0 Å². The molecule has 1 amide bonds. The van der Waals surface area contributed by atoms with Gasteiger partial charge in [-0.15, -0.1) is 6.58 Å². The second kappa shape index (κ2) is 9.15. The standard InChI is InChI=1S/C21H20N4O2/c1-2-12-22-21(26)19-13-24-20(14-23-19)25-17-8-10-18(11-9-17)27-15-16-6-4-3-5-7-16/h2-11,13-14H,1,12,15H2,(H,22,26)(H,24,25). The van der Waals surface area contributed by atoms with Gasteiger partial charge in [-0.3, -0.25) is 4.79 Å². The summed E-state index contributed by atoms with van der Waals surface area (Å²) in [7, 11) is 0. The number of hydrogen-bond donors (Lipinski definition) is 2. The molecular formula is C21H20N4O2. The fraction of sp³-hybridized carbons (Fsp3) is 0.0952. The predicted octanol–water partition coefficient (Wildman–Crippen LogP) is 3.72. The number of ether oxygens (including phenoxy) is 1. The van der Waals surface area contributed by atoms with Crippen molar-refractivity contribution in [1.29, 1.82) is 0 Å². The Morgan fingerprint density at radius 1 is 1.04 bits per heavy atom. The molecule has 0 aliphatic carbocycles. The van der Waals surface area contributed by atoms with Crippen molar-refractivity contribution in [2.24, 2.45) is 0 Å². The number of carbonyl (C=O) groups excluding carboxylic acids is 1. The van der Waals surface area contributed by atoms with Crippen molar-refractivity contribution in [3.8, 4) is 5.75 Å². The lowest BCUT2D eigenvalue weighted by atomic mass is 10.2. The Morgan fingerprint density at radius 3 is 2.48 bits per heavy atom. The van der Waals surface area contributed by atoms with Gasteiger partial charge in [-0.05, 0) is 29.8 Å². The third kappa shape index (κ3) is 5.40. The van der Waals surface area contributed by atoms with E-state index in [0.717, 1.165) is 17.0 Å². The van der Waals surface area contributed by atoms with E-state index in [1.165, 1.54) is 12.4 Å². The van der Waals surface area contributed by atoms with E-state index in [0.29, 0.717) is 19.0 Å². The van der Waals surface area contributed by atoms with Crippen molar-refractivity contribution in [2.75, 3.05) is 11.9 Å². The molecule has 2 aromatic carbocycles. The summed E-state index contributed by atoms with van der Waals surface area (Å²) in [5, 5.41) is 5.79. The van der Waals surface area contributed by atoms with Gasteiger partial charge in [-0.25, -0.2) is 9.97 Å². The van der Waals surface area contributed by atoms with E-state index in [9.17, 15) is 4.79 Å². The van der Waals surface area contributed by atoms with Gasteiger partial charge in [0.05, 0.1) is 12.4 Å². The normalized spacial score (nSPS) is 10.1. The van der Waals surface area contributed by atoms with Crippen molar-refractivity contribution in [2.45, 2.75) is 6.61 Å². The summed E-state index contributed by atoms with van der Waals surface area (Å²) in [6.45, 7) is 4.46. The van der Waals surface area contributed by atoms with E-state index in [-0.39, 0.29) is 11.6 Å². The Hall–Kier alpha value is -3.67. The minimum atomic E-state index is -0.283. The average Bonchev–Trinajstić information content (AvgIpc) is 2.73. The highest BCUT2D eigenvalue weighted by atomic mass is 16.5. The molecule has 0 bridgehead atoms. The molecule has 27 heavy (non-hydrogen) atoms. The molecule has 0 saturated heterocycles. The van der Waals surface area contributed by atoms with E-state index in [1.807, 2.05) is 54.6 Å². The minimum Gasteiger partial charge on any atom is -0.489 e. The summed E-state index contributed by atoms with van der Waals surface area (Å²) in [5.74, 6) is 1.05. The molecule has 0 saturated carbocycles. The van der Waals surface area contributed by atoms with E-state index in [2.05, 4.69) is 27.2 Å². The summed E-state index contributed by atoms with van der Waals surface area (Å²) in [4.78, 5) is 20.1. The van der Waals surface area contributed by atoms with Crippen molar-refractivity contribution in [3.63, 3.8) is 0 Å². The first kappa shape index (κ1) is 18.1. The monoisotopic (exact) mass is 360 g/mol. The summed E-state index contributed by atoms with van der Waals surface area (Å²) < 4.78 is 5.76. The molecule has 6 nitrogen and oxygen atoms in total. The number of hydrogen-bond acceptors (Lipinski definition) is 5. The molecule has 0 spiro atoms. The fourth-order valence-corrected chi connectivity index (χ4v) is 2.29. The van der Waals surface area contributed by atoms with E-state index in [4.69, 9.17) is 4.74 Å². The van der Waals surface area contributed by atoms with Crippen molar-refractivity contribution in [3.05, 3.63) is 90.9 Å². The molecule has 0 atom stereocenters. The van der Waals surface area contributed by atoms with Crippen molar-refractivity contribution in [1.82, 2.24) is 15.3 Å². The van der Waals surface area contributed by atoms with Gasteiger partial charge in [0.1, 0.15) is 23.9 Å². The van der Waals surface area contributed by atoms with Crippen LogP contribution in [-0.4, -0.2) is 22.4 Å². The van der Waals surface area contributed by atoms with Crippen molar-refractivity contribution >= 4 is 17.4 Å². The van der Waals surface area contributed by atoms with E-state index < -0.39 is 0 Å². The van der Waals surface area contributed by atoms with E-state index >= 15 is 0 Å². The van der Waals surface area contributed by atoms with Gasteiger partial charge in [0.2, 0.25) is 0 Å². The molecule has 3 rings (SSSR count). The van der Waals surface area contributed by atoms with Crippen LogP contribution in [-0.2, 0) is 6.61 Å². The number of anilines is 2. The number of carbonyl (C=O) groups is 1. The second-order valence-electron chi connectivity index (χ2n) is 5.71. The first-order valence-corrected chi connectivity index (χ1v) is 8.49. The Bertz CT molecular complexity index is 878. The average molecular weight is 360 g/mol. The lowest BCUT2D eigenvalue weighted by Gasteiger charge is -2.09. The lowest BCUT2D eigenvalue weighted by Crippen LogP contribution is -2.24. The fourth-order valence-electron chi connectivity index (χ4n) is 2.29. The molecule has 0 radical (unpaired) electrons. The van der Waals surface area contributed by atoms with Crippen LogP contribution in [0.3, 0.4) is 0 Å². The maximum Gasteiger partial charge on any atom is 0.271 e. The Kier molecular flexibility index (Phi) is 6.14. The van der Waals surface area contributed by atoms with Gasteiger partial charge >= 0.3 is 0 Å². The topological polar surface area (TPSA) is 76.1 Å². The molecule has 0 unspecified atom stereocenters. The van der Waals surface area contributed by atoms with Crippen molar-refractivity contribution < 1.29 is 9.53 Å². The largest absolute Gasteiger partial charge is 0.489 e. The highest BCUT2D eigenvalue weighted by Gasteiger charge is 2.06. The third-order valence-electron chi connectivity index (χ3n) is 3.67. The van der Waals surface area contributed by atoms with Gasteiger partial charge in [0, 0.05) is 12.2 Å². The molecular weight excluding hydrogens is 340 g/mol. The number of nitrogens with zero attached hydrogens (tertiary/aromatic N) is 2. The van der Waals surface area contributed by atoms with Crippen LogP contribution in [0.15, 0.2) is 79.6 Å². The molecule has 136 valence electrons. The summed E-state index contributed by atoms with van der Waals surface area (Å²) in [5.41, 5.74) is 2.22. The summed E-state index contributed by atoms with van der Waals surface area (Å²) >= 11 is 0. The quantitative estimate of drug-likeness (QED) is 0.599. The first-order valence-electron chi connectivity index (χ1n) is 8.49. The zero-order valence-electron chi connectivity index (χ0n) is 14.8. The van der Waals surface area contributed by atoms with E-state index in [1.54, 1.807) is 6.08 Å². The van der Waals surface area contributed by atoms with Crippen LogP contribution in [0, 0.1) is 0 Å². The summed E-state index contributed by atoms with van der Waals surface area (Å²) in [6.07, 6.45) is 4.55. The number of rotatable bonds is 8.